The molecule has 0 fully saturated rings. The predicted molar refractivity (Wildman–Crippen MR) is 75.1 cm³/mol. The fourth-order valence-corrected chi connectivity index (χ4v) is 1.88. The van der Waals surface area contributed by atoms with Gasteiger partial charge in [-0.3, -0.25) is 0 Å². The first-order valence-corrected chi connectivity index (χ1v) is 6.62. The number of nitrogens with one attached hydrogen (secondary N) is 1. The topological polar surface area (TPSA) is 47.3 Å². The molecule has 4 nitrogen and oxygen atoms in total. The molecule has 20 heavy (non-hydrogen) atoms. The number of nitrogens with zero attached hydrogens (tertiary/aromatic N) is 1. The van der Waals surface area contributed by atoms with Crippen molar-refractivity contribution in [1.29, 1.82) is 0 Å². The third-order valence-corrected chi connectivity index (χ3v) is 3.01. The number of aromatic nitrogens is 1. The van der Waals surface area contributed by atoms with E-state index in [0.717, 1.165) is 13.1 Å². The third-order valence-electron chi connectivity index (χ3n) is 3.01. The number of methoxy groups -OCH3 is 1. The van der Waals surface area contributed by atoms with E-state index in [-0.39, 0.29) is 5.82 Å². The number of ether oxygens (including phenoxy) is 1. The van der Waals surface area contributed by atoms with Gasteiger partial charge < -0.3 is 14.5 Å². The summed E-state index contributed by atoms with van der Waals surface area (Å²) in [4.78, 5) is 4.18. The SMILES string of the molecule is COCCNCCc1ncc(-c2cccc(C)c2F)o1. The maximum Gasteiger partial charge on any atom is 0.196 e. The van der Waals surface area contributed by atoms with E-state index in [9.17, 15) is 4.39 Å². The second-order valence-corrected chi connectivity index (χ2v) is 4.55. The van der Waals surface area contributed by atoms with Crippen LogP contribution in [-0.4, -0.2) is 31.8 Å². The molecule has 0 radical (unpaired) electrons. The molecule has 5 heteroatoms. The van der Waals surface area contributed by atoms with Crippen molar-refractivity contribution in [3.63, 3.8) is 0 Å². The van der Waals surface area contributed by atoms with Crippen LogP contribution in [0.1, 0.15) is 11.5 Å². The summed E-state index contributed by atoms with van der Waals surface area (Å²) >= 11 is 0. The number of oxazole rings is 1. The van der Waals surface area contributed by atoms with Crippen LogP contribution in [-0.2, 0) is 11.2 Å². The van der Waals surface area contributed by atoms with Gasteiger partial charge in [0.15, 0.2) is 11.7 Å². The molecule has 0 bridgehead atoms. The fourth-order valence-electron chi connectivity index (χ4n) is 1.88. The van der Waals surface area contributed by atoms with E-state index >= 15 is 0 Å². The molecule has 1 aromatic heterocycles. The molecule has 0 spiro atoms. The van der Waals surface area contributed by atoms with Crippen molar-refractivity contribution in [2.24, 2.45) is 0 Å². The van der Waals surface area contributed by atoms with Crippen molar-refractivity contribution in [3.05, 3.63) is 41.7 Å². The molecule has 0 saturated carbocycles. The molecule has 0 atom stereocenters. The largest absolute Gasteiger partial charge is 0.441 e. The standard InChI is InChI=1S/C15H19FN2O2/c1-11-4-3-5-12(15(11)16)13-10-18-14(20-13)6-7-17-8-9-19-2/h3-5,10,17H,6-9H2,1-2H3. The zero-order valence-electron chi connectivity index (χ0n) is 11.8. The highest BCUT2D eigenvalue weighted by Crippen LogP contribution is 2.25. The van der Waals surface area contributed by atoms with Crippen LogP contribution in [0.25, 0.3) is 11.3 Å². The molecule has 2 rings (SSSR count). The summed E-state index contributed by atoms with van der Waals surface area (Å²) in [6.07, 6.45) is 2.24. The van der Waals surface area contributed by atoms with E-state index in [1.807, 2.05) is 6.07 Å². The van der Waals surface area contributed by atoms with E-state index in [0.29, 0.717) is 35.8 Å². The Hall–Kier alpha value is -1.72. The molecule has 0 saturated heterocycles. The molecule has 1 N–H and O–H groups in total. The van der Waals surface area contributed by atoms with Gasteiger partial charge in [-0.25, -0.2) is 9.37 Å². The summed E-state index contributed by atoms with van der Waals surface area (Å²) in [7, 11) is 1.67. The quantitative estimate of drug-likeness (QED) is 0.791. The summed E-state index contributed by atoms with van der Waals surface area (Å²) in [6.45, 7) is 3.94. The van der Waals surface area contributed by atoms with Crippen molar-refractivity contribution in [2.75, 3.05) is 26.8 Å². The lowest BCUT2D eigenvalue weighted by Crippen LogP contribution is -2.21. The van der Waals surface area contributed by atoms with Crippen molar-refractivity contribution in [2.45, 2.75) is 13.3 Å². The molecule has 2 aromatic rings. The van der Waals surface area contributed by atoms with Gasteiger partial charge >= 0.3 is 0 Å². The Bertz CT molecular complexity index is 555. The van der Waals surface area contributed by atoms with Crippen LogP contribution >= 0.6 is 0 Å². The molecule has 0 aliphatic heterocycles. The Kier molecular flexibility index (Phi) is 5.26. The van der Waals surface area contributed by atoms with Gasteiger partial charge in [-0.2, -0.15) is 0 Å². The van der Waals surface area contributed by atoms with Gasteiger partial charge in [0.05, 0.1) is 18.4 Å². The second-order valence-electron chi connectivity index (χ2n) is 4.55. The van der Waals surface area contributed by atoms with Crippen LogP contribution in [0.3, 0.4) is 0 Å². The number of aryl methyl sites for hydroxylation is 1. The highest BCUT2D eigenvalue weighted by atomic mass is 19.1. The third kappa shape index (κ3) is 3.65. The summed E-state index contributed by atoms with van der Waals surface area (Å²) < 4.78 is 24.5. The van der Waals surface area contributed by atoms with Gasteiger partial charge in [0.2, 0.25) is 0 Å². The van der Waals surface area contributed by atoms with Crippen molar-refractivity contribution in [1.82, 2.24) is 10.3 Å². The summed E-state index contributed by atoms with van der Waals surface area (Å²) in [6, 6.07) is 5.24. The summed E-state index contributed by atoms with van der Waals surface area (Å²) in [5, 5.41) is 3.21. The minimum atomic E-state index is -0.256. The zero-order valence-corrected chi connectivity index (χ0v) is 11.8. The Balaban J connectivity index is 1.97. The lowest BCUT2D eigenvalue weighted by Gasteiger charge is -2.02. The highest BCUT2D eigenvalue weighted by Gasteiger charge is 2.12. The van der Waals surface area contributed by atoms with Crippen LogP contribution in [0.4, 0.5) is 4.39 Å². The van der Waals surface area contributed by atoms with E-state index < -0.39 is 0 Å². The highest BCUT2D eigenvalue weighted by molar-refractivity contribution is 5.58. The average Bonchev–Trinajstić information content (AvgIpc) is 2.90. The first kappa shape index (κ1) is 14.7. The summed E-state index contributed by atoms with van der Waals surface area (Å²) in [5.41, 5.74) is 1.05. The van der Waals surface area contributed by atoms with Crippen LogP contribution in [0.5, 0.6) is 0 Å². The average molecular weight is 278 g/mol. The first-order valence-electron chi connectivity index (χ1n) is 6.62. The van der Waals surface area contributed by atoms with Crippen molar-refractivity contribution < 1.29 is 13.5 Å². The van der Waals surface area contributed by atoms with Gasteiger partial charge in [0, 0.05) is 26.6 Å². The maximum atomic E-state index is 14.0. The van der Waals surface area contributed by atoms with Crippen LogP contribution in [0, 0.1) is 12.7 Å². The van der Waals surface area contributed by atoms with Gasteiger partial charge in [-0.15, -0.1) is 0 Å². The van der Waals surface area contributed by atoms with E-state index in [1.165, 1.54) is 0 Å². The Morgan fingerprint density at radius 1 is 1.35 bits per heavy atom. The fraction of sp³-hybridized carbons (Fsp3) is 0.400. The lowest BCUT2D eigenvalue weighted by atomic mass is 10.1. The molecule has 1 aromatic carbocycles. The van der Waals surface area contributed by atoms with E-state index in [4.69, 9.17) is 9.15 Å². The smallest absolute Gasteiger partial charge is 0.196 e. The molecule has 0 aliphatic rings. The molecule has 0 amide bonds. The Labute approximate surface area is 118 Å². The number of hydrogen-bond donors (Lipinski definition) is 1. The van der Waals surface area contributed by atoms with Crippen LogP contribution < -0.4 is 5.32 Å². The normalized spacial score (nSPS) is 10.9. The van der Waals surface area contributed by atoms with Crippen molar-refractivity contribution >= 4 is 0 Å². The van der Waals surface area contributed by atoms with Crippen molar-refractivity contribution in [3.8, 4) is 11.3 Å². The first-order chi connectivity index (χ1) is 9.72. The number of halogens is 1. The zero-order chi connectivity index (χ0) is 14.4. The molecular weight excluding hydrogens is 259 g/mol. The number of benzene rings is 1. The van der Waals surface area contributed by atoms with Gasteiger partial charge in [0.25, 0.3) is 0 Å². The lowest BCUT2D eigenvalue weighted by molar-refractivity contribution is 0.199. The van der Waals surface area contributed by atoms with Gasteiger partial charge in [-0.05, 0) is 18.6 Å². The number of rotatable bonds is 7. The minimum absolute atomic E-state index is 0.256. The van der Waals surface area contributed by atoms with E-state index in [2.05, 4.69) is 10.3 Å². The Morgan fingerprint density at radius 2 is 2.20 bits per heavy atom. The van der Waals surface area contributed by atoms with Crippen LogP contribution in [0.15, 0.2) is 28.8 Å². The minimum Gasteiger partial charge on any atom is -0.441 e. The molecule has 1 heterocycles. The molecule has 0 unspecified atom stereocenters. The molecule has 0 aliphatic carbocycles. The van der Waals surface area contributed by atoms with Gasteiger partial charge in [-0.1, -0.05) is 12.1 Å². The maximum absolute atomic E-state index is 14.0. The number of hydrogen-bond acceptors (Lipinski definition) is 4. The second kappa shape index (κ2) is 7.17. The summed E-state index contributed by atoms with van der Waals surface area (Å²) in [5.74, 6) is 0.817. The monoisotopic (exact) mass is 278 g/mol. The predicted octanol–water partition coefficient (Wildman–Crippen LogP) is 2.57. The van der Waals surface area contributed by atoms with E-state index in [1.54, 1.807) is 32.4 Å². The molecule has 108 valence electrons. The van der Waals surface area contributed by atoms with Crippen LogP contribution in [0.2, 0.25) is 0 Å². The molecular formula is C15H19FN2O2. The van der Waals surface area contributed by atoms with Gasteiger partial charge in [0.1, 0.15) is 5.82 Å². The Morgan fingerprint density at radius 3 is 3.00 bits per heavy atom.